The fourth-order valence-corrected chi connectivity index (χ4v) is 4.77. The minimum absolute atomic E-state index is 0.102. The quantitative estimate of drug-likeness (QED) is 0.705. The highest BCUT2D eigenvalue weighted by Crippen LogP contribution is 2.28. The second kappa shape index (κ2) is 9.52. The molecule has 9 heteroatoms. The zero-order valence-corrected chi connectivity index (χ0v) is 17.4. The molecule has 1 fully saturated rings. The Morgan fingerprint density at radius 3 is 2.50 bits per heavy atom. The maximum absolute atomic E-state index is 13.3. The van der Waals surface area contributed by atoms with E-state index in [0.29, 0.717) is 36.9 Å². The van der Waals surface area contributed by atoms with E-state index < -0.39 is 15.8 Å². The van der Waals surface area contributed by atoms with Crippen LogP contribution >= 0.6 is 23.2 Å². The maximum Gasteiger partial charge on any atom is 0.215 e. The van der Waals surface area contributed by atoms with Gasteiger partial charge in [0.1, 0.15) is 5.82 Å². The highest BCUT2D eigenvalue weighted by Gasteiger charge is 2.26. The predicted molar refractivity (Wildman–Crippen MR) is 109 cm³/mol. The lowest BCUT2D eigenvalue weighted by atomic mass is 10.0. The number of sulfonamides is 1. The van der Waals surface area contributed by atoms with Crippen molar-refractivity contribution in [1.82, 2.24) is 9.62 Å². The van der Waals surface area contributed by atoms with Gasteiger partial charge >= 0.3 is 0 Å². The van der Waals surface area contributed by atoms with Gasteiger partial charge in [0.25, 0.3) is 0 Å². The van der Waals surface area contributed by atoms with Gasteiger partial charge < -0.3 is 4.74 Å². The number of nitrogens with one attached hydrogen (secondary N) is 1. The Morgan fingerprint density at radius 1 is 1.11 bits per heavy atom. The van der Waals surface area contributed by atoms with E-state index in [2.05, 4.69) is 9.62 Å². The molecule has 1 atom stereocenters. The monoisotopic (exact) mass is 446 g/mol. The van der Waals surface area contributed by atoms with Crippen molar-refractivity contribution in [1.29, 1.82) is 0 Å². The molecule has 0 spiro atoms. The molecular formula is C19H21Cl2FN2O3S. The number of hydrogen-bond acceptors (Lipinski definition) is 4. The summed E-state index contributed by atoms with van der Waals surface area (Å²) in [6.45, 7) is 2.71. The van der Waals surface area contributed by atoms with Gasteiger partial charge in [0, 0.05) is 30.7 Å². The van der Waals surface area contributed by atoms with Gasteiger partial charge in [0.2, 0.25) is 10.0 Å². The van der Waals surface area contributed by atoms with Crippen molar-refractivity contribution in [2.24, 2.45) is 0 Å². The third kappa shape index (κ3) is 5.65. The standard InChI is InChI=1S/C19H21Cl2FN2O3S/c20-16-4-2-1-3-15(16)19(24-7-9-27-10-8-24)12-23-28(25,26)13-14-5-6-18(22)17(21)11-14/h1-6,11,19,23H,7-10,12-13H2/t19-/m0/s1. The topological polar surface area (TPSA) is 58.6 Å². The van der Waals surface area contributed by atoms with Crippen molar-refractivity contribution in [3.05, 3.63) is 69.5 Å². The van der Waals surface area contributed by atoms with Crippen LogP contribution < -0.4 is 4.72 Å². The van der Waals surface area contributed by atoms with E-state index in [1.165, 1.54) is 12.1 Å². The van der Waals surface area contributed by atoms with Crippen LogP contribution in [0.3, 0.4) is 0 Å². The first-order valence-corrected chi connectivity index (χ1v) is 11.2. The Bertz CT molecular complexity index is 921. The van der Waals surface area contributed by atoms with Crippen molar-refractivity contribution in [2.75, 3.05) is 32.8 Å². The summed E-state index contributed by atoms with van der Waals surface area (Å²) in [5.74, 6) is -0.868. The Morgan fingerprint density at radius 2 is 1.82 bits per heavy atom. The van der Waals surface area contributed by atoms with E-state index >= 15 is 0 Å². The van der Waals surface area contributed by atoms with E-state index in [1.54, 1.807) is 6.07 Å². The molecule has 1 saturated heterocycles. The van der Waals surface area contributed by atoms with Crippen molar-refractivity contribution in [3.8, 4) is 0 Å². The smallest absolute Gasteiger partial charge is 0.215 e. The molecular weight excluding hydrogens is 426 g/mol. The first-order chi connectivity index (χ1) is 13.4. The van der Waals surface area contributed by atoms with Crippen LogP contribution in [-0.2, 0) is 20.5 Å². The largest absolute Gasteiger partial charge is 0.379 e. The molecule has 2 aromatic rings. The molecule has 1 aliphatic rings. The lowest BCUT2D eigenvalue weighted by Crippen LogP contribution is -2.44. The van der Waals surface area contributed by atoms with Crippen LogP contribution in [0, 0.1) is 5.82 Å². The van der Waals surface area contributed by atoms with Crippen LogP contribution in [0.15, 0.2) is 42.5 Å². The highest BCUT2D eigenvalue weighted by atomic mass is 35.5. The highest BCUT2D eigenvalue weighted by molar-refractivity contribution is 7.88. The summed E-state index contributed by atoms with van der Waals surface area (Å²) in [4.78, 5) is 2.15. The van der Waals surface area contributed by atoms with Gasteiger partial charge in [-0.1, -0.05) is 47.5 Å². The first-order valence-electron chi connectivity index (χ1n) is 8.83. The molecule has 1 aliphatic heterocycles. The van der Waals surface area contributed by atoms with Crippen LogP contribution in [0.5, 0.6) is 0 Å². The molecule has 2 aromatic carbocycles. The summed E-state index contributed by atoms with van der Waals surface area (Å²) >= 11 is 12.1. The molecule has 0 radical (unpaired) electrons. The van der Waals surface area contributed by atoms with Crippen molar-refractivity contribution in [3.63, 3.8) is 0 Å². The average molecular weight is 447 g/mol. The molecule has 0 unspecified atom stereocenters. The van der Waals surface area contributed by atoms with Crippen LogP contribution in [-0.4, -0.2) is 46.2 Å². The Balaban J connectivity index is 1.74. The molecule has 1 heterocycles. The molecule has 5 nitrogen and oxygen atoms in total. The minimum atomic E-state index is -3.65. The number of rotatable bonds is 7. The fourth-order valence-electron chi connectivity index (χ4n) is 3.18. The molecule has 3 rings (SSSR count). The summed E-state index contributed by atoms with van der Waals surface area (Å²) in [5, 5.41) is 0.485. The summed E-state index contributed by atoms with van der Waals surface area (Å²) < 4.78 is 46.5. The number of nitrogens with zero attached hydrogens (tertiary/aromatic N) is 1. The summed E-state index contributed by atoms with van der Waals surface area (Å²) in [6, 6.07) is 11.1. The molecule has 0 amide bonds. The zero-order chi connectivity index (χ0) is 20.1. The third-order valence-corrected chi connectivity index (χ3v) is 6.54. The lowest BCUT2D eigenvalue weighted by molar-refractivity contribution is 0.0172. The molecule has 0 bridgehead atoms. The van der Waals surface area contributed by atoms with E-state index in [9.17, 15) is 12.8 Å². The lowest BCUT2D eigenvalue weighted by Gasteiger charge is -2.35. The number of benzene rings is 2. The van der Waals surface area contributed by atoms with Gasteiger partial charge in [-0.2, -0.15) is 0 Å². The van der Waals surface area contributed by atoms with Crippen molar-refractivity contribution < 1.29 is 17.5 Å². The third-order valence-electron chi connectivity index (χ3n) is 4.59. The summed E-state index contributed by atoms with van der Waals surface area (Å²) in [7, 11) is -3.65. The van der Waals surface area contributed by atoms with Crippen LogP contribution in [0.1, 0.15) is 17.2 Å². The second-order valence-electron chi connectivity index (χ2n) is 6.54. The van der Waals surface area contributed by atoms with Gasteiger partial charge in [-0.15, -0.1) is 0 Å². The van der Waals surface area contributed by atoms with Crippen molar-refractivity contribution in [2.45, 2.75) is 11.8 Å². The average Bonchev–Trinajstić information content (AvgIpc) is 2.67. The summed E-state index contributed by atoms with van der Waals surface area (Å²) in [6.07, 6.45) is 0. The molecule has 0 aromatic heterocycles. The second-order valence-corrected chi connectivity index (χ2v) is 9.16. The van der Waals surface area contributed by atoms with Gasteiger partial charge in [0.05, 0.1) is 24.0 Å². The minimum Gasteiger partial charge on any atom is -0.379 e. The SMILES string of the molecule is O=S(=O)(Cc1ccc(F)c(Cl)c1)NC[C@@H](c1ccccc1Cl)N1CCOCC1. The van der Waals surface area contributed by atoms with E-state index in [1.807, 2.05) is 18.2 Å². The van der Waals surface area contributed by atoms with E-state index in [0.717, 1.165) is 11.6 Å². The van der Waals surface area contributed by atoms with Gasteiger partial charge in [-0.25, -0.2) is 17.5 Å². The number of ether oxygens (including phenoxy) is 1. The Hall–Kier alpha value is -1.22. The van der Waals surface area contributed by atoms with E-state index in [-0.39, 0.29) is 23.4 Å². The fraction of sp³-hybridized carbons (Fsp3) is 0.368. The van der Waals surface area contributed by atoms with Crippen LogP contribution in [0.2, 0.25) is 10.0 Å². The maximum atomic E-state index is 13.3. The zero-order valence-electron chi connectivity index (χ0n) is 15.1. The van der Waals surface area contributed by atoms with Gasteiger partial charge in [0.15, 0.2) is 0 Å². The normalized spacial score (nSPS) is 16.8. The van der Waals surface area contributed by atoms with Gasteiger partial charge in [-0.3, -0.25) is 4.90 Å². The molecule has 0 aliphatic carbocycles. The van der Waals surface area contributed by atoms with Crippen LogP contribution in [0.4, 0.5) is 4.39 Å². The van der Waals surface area contributed by atoms with Gasteiger partial charge in [-0.05, 0) is 29.3 Å². The Kier molecular flexibility index (Phi) is 7.31. The number of hydrogen-bond donors (Lipinski definition) is 1. The summed E-state index contributed by atoms with van der Waals surface area (Å²) in [5.41, 5.74) is 1.28. The molecule has 0 saturated carbocycles. The predicted octanol–water partition coefficient (Wildman–Crippen LogP) is 3.63. The van der Waals surface area contributed by atoms with Crippen molar-refractivity contribution >= 4 is 33.2 Å². The van der Waals surface area contributed by atoms with Crippen LogP contribution in [0.25, 0.3) is 0 Å². The number of morpholine rings is 1. The molecule has 152 valence electrons. The molecule has 28 heavy (non-hydrogen) atoms. The first kappa shape index (κ1) is 21.5. The number of halogens is 3. The molecule has 1 N–H and O–H groups in total. The van der Waals surface area contributed by atoms with E-state index in [4.69, 9.17) is 27.9 Å². The Labute approximate surface area is 174 Å².